The van der Waals surface area contributed by atoms with Gasteiger partial charge in [0.05, 0.1) is 11.8 Å². The monoisotopic (exact) mass is 287 g/mol. The molecule has 1 saturated carbocycles. The molecule has 1 heterocycles. The molecule has 2 aromatic rings. The minimum atomic E-state index is -0.110. The van der Waals surface area contributed by atoms with Crippen molar-refractivity contribution in [2.45, 2.75) is 50.8 Å². The fourth-order valence-corrected chi connectivity index (χ4v) is 2.91. The maximum atomic E-state index is 9.57. The van der Waals surface area contributed by atoms with Crippen molar-refractivity contribution in [3.05, 3.63) is 36.2 Å². The lowest BCUT2D eigenvalue weighted by atomic mass is 9.92. The third-order valence-electron chi connectivity index (χ3n) is 4.17. The average molecular weight is 287 g/mol. The van der Waals surface area contributed by atoms with Crippen molar-refractivity contribution in [1.82, 2.24) is 25.5 Å². The Hall–Kier alpha value is -1.79. The maximum Gasteiger partial charge on any atom is 0.143 e. The summed E-state index contributed by atoms with van der Waals surface area (Å²) in [7, 11) is 0. The number of nitrogens with zero attached hydrogens (tertiary/aromatic N) is 4. The summed E-state index contributed by atoms with van der Waals surface area (Å²) in [5.41, 5.74) is 2.18. The van der Waals surface area contributed by atoms with Crippen LogP contribution in [0.4, 0.5) is 0 Å². The van der Waals surface area contributed by atoms with Crippen molar-refractivity contribution in [2.75, 3.05) is 0 Å². The highest BCUT2D eigenvalue weighted by Crippen LogP contribution is 2.22. The number of aliphatic hydroxyl groups is 1. The largest absolute Gasteiger partial charge is 0.393 e. The molecule has 6 nitrogen and oxygen atoms in total. The van der Waals surface area contributed by atoms with Crippen molar-refractivity contribution in [3.8, 4) is 5.69 Å². The smallest absolute Gasteiger partial charge is 0.143 e. The summed E-state index contributed by atoms with van der Waals surface area (Å²) in [4.78, 5) is 0. The van der Waals surface area contributed by atoms with Crippen LogP contribution in [0.1, 0.15) is 44.2 Å². The molecule has 0 spiro atoms. The molecular weight excluding hydrogens is 266 g/mol. The minimum Gasteiger partial charge on any atom is -0.393 e. The number of hydrogen-bond acceptors (Lipinski definition) is 5. The second-order valence-electron chi connectivity index (χ2n) is 5.74. The number of nitrogens with one attached hydrogen (secondary N) is 1. The van der Waals surface area contributed by atoms with Crippen LogP contribution >= 0.6 is 0 Å². The molecule has 1 unspecified atom stereocenters. The van der Waals surface area contributed by atoms with Crippen LogP contribution in [0, 0.1) is 0 Å². The molecule has 1 aliphatic carbocycles. The van der Waals surface area contributed by atoms with E-state index in [1.807, 2.05) is 12.1 Å². The molecule has 1 aromatic carbocycles. The fraction of sp³-hybridized carbons (Fsp3) is 0.533. The standard InChI is InChI=1S/C15H21N5O/c1-11(17-13-5-7-15(21)8-6-13)12-3-2-4-14(9-12)20-10-16-18-19-20/h2-4,9-11,13,15,17,21H,5-8H2,1H3. The summed E-state index contributed by atoms with van der Waals surface area (Å²) >= 11 is 0. The van der Waals surface area contributed by atoms with Crippen molar-refractivity contribution in [2.24, 2.45) is 0 Å². The molecule has 1 aromatic heterocycles. The van der Waals surface area contributed by atoms with Crippen LogP contribution in [0.5, 0.6) is 0 Å². The van der Waals surface area contributed by atoms with Gasteiger partial charge in [-0.05, 0) is 60.7 Å². The van der Waals surface area contributed by atoms with Gasteiger partial charge in [0.1, 0.15) is 6.33 Å². The fourth-order valence-electron chi connectivity index (χ4n) is 2.91. The average Bonchev–Trinajstić information content (AvgIpc) is 3.04. The van der Waals surface area contributed by atoms with Crippen LogP contribution in [0.15, 0.2) is 30.6 Å². The topological polar surface area (TPSA) is 75.9 Å². The van der Waals surface area contributed by atoms with Gasteiger partial charge in [0.15, 0.2) is 0 Å². The van der Waals surface area contributed by atoms with E-state index < -0.39 is 0 Å². The van der Waals surface area contributed by atoms with E-state index in [1.165, 1.54) is 5.56 Å². The molecular formula is C15H21N5O. The van der Waals surface area contributed by atoms with Gasteiger partial charge in [-0.3, -0.25) is 0 Å². The molecule has 0 radical (unpaired) electrons. The lowest BCUT2D eigenvalue weighted by Crippen LogP contribution is -2.36. The van der Waals surface area contributed by atoms with E-state index in [9.17, 15) is 5.11 Å². The van der Waals surface area contributed by atoms with Crippen molar-refractivity contribution in [1.29, 1.82) is 0 Å². The highest BCUT2D eigenvalue weighted by atomic mass is 16.3. The van der Waals surface area contributed by atoms with Gasteiger partial charge in [-0.1, -0.05) is 12.1 Å². The van der Waals surface area contributed by atoms with Crippen LogP contribution < -0.4 is 5.32 Å². The SMILES string of the molecule is CC(NC1CCC(O)CC1)c1cccc(-n2cnnn2)c1. The van der Waals surface area contributed by atoms with E-state index in [-0.39, 0.29) is 12.1 Å². The summed E-state index contributed by atoms with van der Waals surface area (Å²) in [6.45, 7) is 2.17. The maximum absolute atomic E-state index is 9.57. The van der Waals surface area contributed by atoms with Gasteiger partial charge in [0, 0.05) is 12.1 Å². The highest BCUT2D eigenvalue weighted by Gasteiger charge is 2.21. The van der Waals surface area contributed by atoms with Gasteiger partial charge < -0.3 is 10.4 Å². The van der Waals surface area contributed by atoms with Gasteiger partial charge in [0.25, 0.3) is 0 Å². The second kappa shape index (κ2) is 6.32. The third kappa shape index (κ3) is 3.46. The van der Waals surface area contributed by atoms with Crippen LogP contribution in [0.25, 0.3) is 5.69 Å². The molecule has 0 aliphatic heterocycles. The zero-order chi connectivity index (χ0) is 14.7. The van der Waals surface area contributed by atoms with Crippen LogP contribution in [-0.2, 0) is 0 Å². The Balaban J connectivity index is 1.67. The van der Waals surface area contributed by atoms with E-state index in [0.717, 1.165) is 31.4 Å². The van der Waals surface area contributed by atoms with Gasteiger partial charge in [-0.15, -0.1) is 5.10 Å². The van der Waals surface area contributed by atoms with Crippen LogP contribution in [0.3, 0.4) is 0 Å². The lowest BCUT2D eigenvalue weighted by molar-refractivity contribution is 0.114. The summed E-state index contributed by atoms with van der Waals surface area (Å²) in [6, 6.07) is 8.98. The van der Waals surface area contributed by atoms with E-state index in [1.54, 1.807) is 11.0 Å². The Labute approximate surface area is 124 Å². The van der Waals surface area contributed by atoms with Crippen molar-refractivity contribution < 1.29 is 5.11 Å². The number of tetrazole rings is 1. The van der Waals surface area contributed by atoms with E-state index in [4.69, 9.17) is 0 Å². The Bertz CT molecular complexity index is 563. The molecule has 6 heteroatoms. The van der Waals surface area contributed by atoms with E-state index in [0.29, 0.717) is 6.04 Å². The van der Waals surface area contributed by atoms with Gasteiger partial charge >= 0.3 is 0 Å². The molecule has 1 atom stereocenters. The Morgan fingerprint density at radius 1 is 1.29 bits per heavy atom. The summed E-state index contributed by atoms with van der Waals surface area (Å²) in [6.07, 6.45) is 5.36. The zero-order valence-corrected chi connectivity index (χ0v) is 12.2. The summed E-state index contributed by atoms with van der Waals surface area (Å²) in [5, 5.41) is 24.5. The van der Waals surface area contributed by atoms with Gasteiger partial charge in [-0.25, -0.2) is 4.68 Å². The molecule has 3 rings (SSSR count). The highest BCUT2D eigenvalue weighted by molar-refractivity contribution is 5.35. The second-order valence-corrected chi connectivity index (χ2v) is 5.74. The van der Waals surface area contributed by atoms with Crippen LogP contribution in [0.2, 0.25) is 0 Å². The van der Waals surface area contributed by atoms with E-state index in [2.05, 4.69) is 39.9 Å². The summed E-state index contributed by atoms with van der Waals surface area (Å²) in [5.74, 6) is 0. The Morgan fingerprint density at radius 2 is 2.10 bits per heavy atom. The molecule has 0 bridgehead atoms. The predicted molar refractivity (Wildman–Crippen MR) is 79.0 cm³/mol. The third-order valence-corrected chi connectivity index (χ3v) is 4.17. The van der Waals surface area contributed by atoms with Crippen molar-refractivity contribution >= 4 is 0 Å². The molecule has 21 heavy (non-hydrogen) atoms. The first-order chi connectivity index (χ1) is 10.2. The normalized spacial score (nSPS) is 23.9. The molecule has 0 saturated heterocycles. The van der Waals surface area contributed by atoms with Crippen LogP contribution in [-0.4, -0.2) is 37.5 Å². The number of aliphatic hydroxyl groups excluding tert-OH is 1. The number of benzene rings is 1. The van der Waals surface area contributed by atoms with Gasteiger partial charge in [0.2, 0.25) is 0 Å². The predicted octanol–water partition coefficient (Wildman–Crippen LogP) is 1.62. The zero-order valence-electron chi connectivity index (χ0n) is 12.2. The number of hydrogen-bond donors (Lipinski definition) is 2. The first-order valence-electron chi connectivity index (χ1n) is 7.50. The Morgan fingerprint density at radius 3 is 2.81 bits per heavy atom. The summed E-state index contributed by atoms with van der Waals surface area (Å²) < 4.78 is 1.66. The molecule has 1 aliphatic rings. The van der Waals surface area contributed by atoms with E-state index >= 15 is 0 Å². The Kier molecular flexibility index (Phi) is 4.26. The minimum absolute atomic E-state index is 0.110. The van der Waals surface area contributed by atoms with Crippen molar-refractivity contribution in [3.63, 3.8) is 0 Å². The first kappa shape index (κ1) is 14.2. The first-order valence-corrected chi connectivity index (χ1v) is 7.50. The number of rotatable bonds is 4. The molecule has 112 valence electrons. The quantitative estimate of drug-likeness (QED) is 0.893. The molecule has 1 fully saturated rings. The van der Waals surface area contributed by atoms with Gasteiger partial charge in [-0.2, -0.15) is 0 Å². The number of aromatic nitrogens is 4. The molecule has 0 amide bonds. The lowest BCUT2D eigenvalue weighted by Gasteiger charge is -2.29. The molecule has 2 N–H and O–H groups in total.